The molecule has 3 aromatic rings. The van der Waals surface area contributed by atoms with Crippen molar-refractivity contribution in [3.05, 3.63) is 70.1 Å². The Morgan fingerprint density at radius 2 is 1.90 bits per heavy atom. The number of amides is 1. The minimum absolute atomic E-state index is 0.182. The van der Waals surface area contributed by atoms with Crippen LogP contribution in [-0.2, 0) is 9.53 Å². The van der Waals surface area contributed by atoms with E-state index in [-0.39, 0.29) is 12.3 Å². The van der Waals surface area contributed by atoms with Crippen LogP contribution in [-0.4, -0.2) is 25.6 Å². The predicted molar refractivity (Wildman–Crippen MR) is 121 cm³/mol. The van der Waals surface area contributed by atoms with Gasteiger partial charge in [-0.15, -0.1) is 11.3 Å². The number of carbonyl (C=O) groups is 2. The summed E-state index contributed by atoms with van der Waals surface area (Å²) in [6.07, 6.45) is 0.810. The van der Waals surface area contributed by atoms with Gasteiger partial charge in [-0.3, -0.25) is 4.79 Å². The van der Waals surface area contributed by atoms with Crippen molar-refractivity contribution in [2.24, 2.45) is 0 Å². The fraction of sp³-hybridized carbons (Fsp3) is 0.217. The summed E-state index contributed by atoms with van der Waals surface area (Å²) in [6, 6.07) is 14.9. The maximum Gasteiger partial charge on any atom is 0.341 e. The number of hydrogen-bond acceptors (Lipinski definition) is 5. The van der Waals surface area contributed by atoms with Gasteiger partial charge >= 0.3 is 5.97 Å². The number of nitrogens with one attached hydrogen (secondary N) is 1. The zero-order valence-corrected chi connectivity index (χ0v) is 18.3. The highest BCUT2D eigenvalue weighted by molar-refractivity contribution is 7.15. The van der Waals surface area contributed by atoms with E-state index in [4.69, 9.17) is 21.1 Å². The molecule has 3 rings (SSSR count). The van der Waals surface area contributed by atoms with Gasteiger partial charge in [-0.2, -0.15) is 0 Å². The molecule has 0 radical (unpaired) electrons. The van der Waals surface area contributed by atoms with Crippen LogP contribution in [0.5, 0.6) is 5.75 Å². The largest absolute Gasteiger partial charge is 0.493 e. The standard InChI is InChI=1S/C23H22ClNO4S/c1-15-13-17(24)10-11-19(15)29-12-6-9-20(26)25-22-21(23(27)28-2)18(14-30-22)16-7-4-3-5-8-16/h3-5,7-8,10-11,13-14H,6,9,12H2,1-2H3,(H,25,26). The lowest BCUT2D eigenvalue weighted by molar-refractivity contribution is -0.116. The molecule has 0 saturated heterocycles. The van der Waals surface area contributed by atoms with Gasteiger partial charge in [0, 0.05) is 22.4 Å². The van der Waals surface area contributed by atoms with E-state index in [9.17, 15) is 9.59 Å². The molecule has 0 aliphatic rings. The summed E-state index contributed by atoms with van der Waals surface area (Å²) in [6.45, 7) is 2.32. The number of hydrogen-bond donors (Lipinski definition) is 1. The van der Waals surface area contributed by atoms with Crippen LogP contribution in [0.1, 0.15) is 28.8 Å². The van der Waals surface area contributed by atoms with Crippen LogP contribution >= 0.6 is 22.9 Å². The van der Waals surface area contributed by atoms with Crippen LogP contribution in [0.25, 0.3) is 11.1 Å². The summed E-state index contributed by atoms with van der Waals surface area (Å²) in [7, 11) is 1.33. The molecule has 30 heavy (non-hydrogen) atoms. The molecule has 0 aliphatic heterocycles. The van der Waals surface area contributed by atoms with Gasteiger partial charge in [0.1, 0.15) is 16.3 Å². The highest BCUT2D eigenvalue weighted by Gasteiger charge is 2.22. The van der Waals surface area contributed by atoms with Gasteiger partial charge in [0.2, 0.25) is 5.91 Å². The summed E-state index contributed by atoms with van der Waals surface area (Å²) in [5.41, 5.74) is 2.95. The molecule has 0 atom stereocenters. The highest BCUT2D eigenvalue weighted by atomic mass is 35.5. The zero-order chi connectivity index (χ0) is 21.5. The van der Waals surface area contributed by atoms with Crippen LogP contribution in [0.4, 0.5) is 5.00 Å². The summed E-state index contributed by atoms with van der Waals surface area (Å²) < 4.78 is 10.7. The first kappa shape index (κ1) is 21.9. The summed E-state index contributed by atoms with van der Waals surface area (Å²) in [5.74, 6) is 0.0866. The number of rotatable bonds is 8. The van der Waals surface area contributed by atoms with Crippen LogP contribution in [0.15, 0.2) is 53.9 Å². The van der Waals surface area contributed by atoms with Crippen molar-refractivity contribution < 1.29 is 19.1 Å². The zero-order valence-electron chi connectivity index (χ0n) is 16.7. The fourth-order valence-electron chi connectivity index (χ4n) is 2.96. The van der Waals surface area contributed by atoms with Crippen molar-refractivity contribution >= 4 is 39.8 Å². The van der Waals surface area contributed by atoms with E-state index in [0.29, 0.717) is 28.6 Å². The quantitative estimate of drug-likeness (QED) is 0.344. The number of methoxy groups -OCH3 is 1. The molecule has 156 valence electrons. The Kier molecular flexibility index (Phi) is 7.49. The molecule has 0 saturated carbocycles. The molecule has 1 N–H and O–H groups in total. The molecule has 1 amide bonds. The third-order valence-corrected chi connectivity index (χ3v) is 5.59. The fourth-order valence-corrected chi connectivity index (χ4v) is 4.16. The van der Waals surface area contributed by atoms with E-state index in [2.05, 4.69) is 5.32 Å². The van der Waals surface area contributed by atoms with Crippen LogP contribution in [0, 0.1) is 6.92 Å². The Bertz CT molecular complexity index is 1030. The van der Waals surface area contributed by atoms with Crippen LogP contribution in [0.2, 0.25) is 5.02 Å². The maximum absolute atomic E-state index is 12.4. The number of thiophene rings is 1. The average Bonchev–Trinajstić information content (AvgIpc) is 3.16. The van der Waals surface area contributed by atoms with E-state index >= 15 is 0 Å². The smallest absolute Gasteiger partial charge is 0.341 e. The Hall–Kier alpha value is -2.83. The molecule has 7 heteroatoms. The minimum Gasteiger partial charge on any atom is -0.493 e. The number of anilines is 1. The van der Waals surface area contributed by atoms with Crippen molar-refractivity contribution in [3.8, 4) is 16.9 Å². The average molecular weight is 444 g/mol. The Morgan fingerprint density at radius 1 is 1.13 bits per heavy atom. The van der Waals surface area contributed by atoms with Crippen LogP contribution in [0.3, 0.4) is 0 Å². The van der Waals surface area contributed by atoms with Crippen molar-refractivity contribution in [3.63, 3.8) is 0 Å². The topological polar surface area (TPSA) is 64.6 Å². The lowest BCUT2D eigenvalue weighted by Gasteiger charge is -2.10. The first-order valence-corrected chi connectivity index (χ1v) is 10.7. The van der Waals surface area contributed by atoms with Crippen molar-refractivity contribution in [2.75, 3.05) is 19.0 Å². The molecule has 0 aliphatic carbocycles. The number of esters is 1. The molecular weight excluding hydrogens is 422 g/mol. The number of ether oxygens (including phenoxy) is 2. The number of halogens is 1. The second-order valence-corrected chi connectivity index (χ2v) is 7.94. The van der Waals surface area contributed by atoms with Gasteiger partial charge in [-0.25, -0.2) is 4.79 Å². The van der Waals surface area contributed by atoms with Crippen LogP contribution < -0.4 is 10.1 Å². The predicted octanol–water partition coefficient (Wildman–Crippen LogP) is 5.96. The van der Waals surface area contributed by atoms with E-state index in [1.807, 2.05) is 54.8 Å². The third kappa shape index (κ3) is 5.40. The molecule has 0 unspecified atom stereocenters. The van der Waals surface area contributed by atoms with E-state index in [0.717, 1.165) is 22.4 Å². The Labute approximate surface area is 184 Å². The first-order valence-electron chi connectivity index (χ1n) is 9.43. The lowest BCUT2D eigenvalue weighted by Crippen LogP contribution is -2.15. The molecule has 2 aromatic carbocycles. The normalized spacial score (nSPS) is 10.5. The van der Waals surface area contributed by atoms with Gasteiger partial charge in [0.05, 0.1) is 13.7 Å². The Morgan fingerprint density at radius 3 is 2.60 bits per heavy atom. The second-order valence-electron chi connectivity index (χ2n) is 6.62. The second kappa shape index (κ2) is 10.3. The molecule has 0 spiro atoms. The monoisotopic (exact) mass is 443 g/mol. The number of carbonyl (C=O) groups excluding carboxylic acids is 2. The molecule has 0 bridgehead atoms. The van der Waals surface area contributed by atoms with Gasteiger partial charge in [-0.05, 0) is 42.7 Å². The van der Waals surface area contributed by atoms with E-state index in [1.165, 1.54) is 18.4 Å². The Balaban J connectivity index is 1.61. The maximum atomic E-state index is 12.4. The van der Waals surface area contributed by atoms with E-state index in [1.54, 1.807) is 6.07 Å². The first-order chi connectivity index (χ1) is 14.5. The molecular formula is C23H22ClNO4S. The number of benzene rings is 2. The lowest BCUT2D eigenvalue weighted by atomic mass is 10.0. The summed E-state index contributed by atoms with van der Waals surface area (Å²) >= 11 is 7.25. The molecule has 5 nitrogen and oxygen atoms in total. The number of aryl methyl sites for hydroxylation is 1. The summed E-state index contributed by atoms with van der Waals surface area (Å²) in [5, 5.41) is 5.84. The SMILES string of the molecule is COC(=O)c1c(-c2ccccc2)csc1NC(=O)CCCOc1ccc(Cl)cc1C. The van der Waals surface area contributed by atoms with Gasteiger partial charge in [0.25, 0.3) is 0 Å². The molecule has 1 aromatic heterocycles. The highest BCUT2D eigenvalue weighted by Crippen LogP contribution is 2.36. The molecule has 0 fully saturated rings. The van der Waals surface area contributed by atoms with Crippen molar-refractivity contribution in [2.45, 2.75) is 19.8 Å². The van der Waals surface area contributed by atoms with Crippen molar-refractivity contribution in [1.82, 2.24) is 0 Å². The summed E-state index contributed by atoms with van der Waals surface area (Å²) in [4.78, 5) is 24.8. The molecule has 1 heterocycles. The minimum atomic E-state index is -0.480. The van der Waals surface area contributed by atoms with Gasteiger partial charge in [-0.1, -0.05) is 41.9 Å². The van der Waals surface area contributed by atoms with Gasteiger partial charge < -0.3 is 14.8 Å². The van der Waals surface area contributed by atoms with Crippen molar-refractivity contribution in [1.29, 1.82) is 0 Å². The van der Waals surface area contributed by atoms with Gasteiger partial charge in [0.15, 0.2) is 0 Å². The third-order valence-electron chi connectivity index (χ3n) is 4.46. The van der Waals surface area contributed by atoms with E-state index < -0.39 is 5.97 Å².